The molecule has 0 bridgehead atoms. The molecule has 222 valence electrons. The predicted molar refractivity (Wildman–Crippen MR) is 147 cm³/mol. The molecule has 0 aliphatic heterocycles. The number of aromatic hydroxyl groups is 2. The minimum atomic E-state index is -1.57. The molecule has 2 rings (SSSR count). The van der Waals surface area contributed by atoms with Crippen LogP contribution in [0.5, 0.6) is 11.5 Å². The zero-order chi connectivity index (χ0) is 30.7. The van der Waals surface area contributed by atoms with Crippen LogP contribution in [0.25, 0.3) is 0 Å². The third-order valence-electron chi connectivity index (χ3n) is 6.52. The van der Waals surface area contributed by atoms with Gasteiger partial charge in [0.05, 0.1) is 12.5 Å². The van der Waals surface area contributed by atoms with E-state index in [2.05, 4.69) is 16.0 Å². The molecule has 0 radical (unpaired) electrons. The Hall–Kier alpha value is -4.65. The summed E-state index contributed by atoms with van der Waals surface area (Å²) in [6.45, 7) is 3.40. The number of benzene rings is 2. The number of amides is 3. The van der Waals surface area contributed by atoms with E-state index in [0.29, 0.717) is 17.5 Å². The third kappa shape index (κ3) is 10.4. The van der Waals surface area contributed by atoms with Crippen molar-refractivity contribution in [2.75, 3.05) is 0 Å². The fourth-order valence-electron chi connectivity index (χ4n) is 3.93. The zero-order valence-electron chi connectivity index (χ0n) is 22.7. The molecule has 0 heterocycles. The number of phenols is 2. The van der Waals surface area contributed by atoms with E-state index in [1.54, 1.807) is 26.0 Å². The van der Waals surface area contributed by atoms with Crippen LogP contribution in [-0.2, 0) is 36.8 Å². The van der Waals surface area contributed by atoms with E-state index in [4.69, 9.17) is 5.73 Å². The Morgan fingerprint density at radius 3 is 1.68 bits per heavy atom. The predicted octanol–water partition coefficient (Wildman–Crippen LogP) is 0.270. The summed E-state index contributed by atoms with van der Waals surface area (Å²) in [5.41, 5.74) is 7.11. The van der Waals surface area contributed by atoms with Crippen molar-refractivity contribution in [2.24, 2.45) is 11.7 Å². The first-order valence-electron chi connectivity index (χ1n) is 13.0. The molecule has 0 saturated carbocycles. The average molecular weight is 573 g/mol. The molecule has 5 unspecified atom stereocenters. The molecule has 13 heteroatoms. The van der Waals surface area contributed by atoms with Crippen LogP contribution in [-0.4, -0.2) is 74.3 Å². The van der Waals surface area contributed by atoms with Crippen LogP contribution < -0.4 is 21.7 Å². The standard InChI is InChI=1S/C28H36N4O9/c1-3-15(2)24(27(39)31-22(28(40)41)13-17-6-10-19(34)11-7-17)32-26(38)21(14-23(35)36)30-25(37)20(29)12-16-4-8-18(33)9-5-16/h4-11,15,20-22,24,33-34H,3,12-14,29H2,1-2H3,(H,30,37)(H,31,39)(H,32,38)(H,35,36)(H,40,41). The van der Waals surface area contributed by atoms with Crippen molar-refractivity contribution < 1.29 is 44.4 Å². The number of nitrogens with two attached hydrogens (primary N) is 1. The van der Waals surface area contributed by atoms with E-state index in [9.17, 15) is 44.4 Å². The van der Waals surface area contributed by atoms with E-state index >= 15 is 0 Å². The van der Waals surface area contributed by atoms with E-state index in [-0.39, 0.29) is 24.3 Å². The summed E-state index contributed by atoms with van der Waals surface area (Å²) < 4.78 is 0. The summed E-state index contributed by atoms with van der Waals surface area (Å²) in [7, 11) is 0. The van der Waals surface area contributed by atoms with Crippen molar-refractivity contribution in [2.45, 2.75) is 63.7 Å². The second kappa shape index (κ2) is 15.2. The number of rotatable bonds is 15. The molecule has 2 aromatic carbocycles. The van der Waals surface area contributed by atoms with Crippen LogP contribution in [0.3, 0.4) is 0 Å². The summed E-state index contributed by atoms with van der Waals surface area (Å²) in [5, 5.41) is 45.1. The van der Waals surface area contributed by atoms with Gasteiger partial charge in [0, 0.05) is 6.42 Å². The Labute approximate surface area is 236 Å². The van der Waals surface area contributed by atoms with Crippen molar-refractivity contribution in [3.05, 3.63) is 59.7 Å². The second-order valence-corrected chi connectivity index (χ2v) is 9.78. The highest BCUT2D eigenvalue weighted by Gasteiger charge is 2.33. The number of carbonyl (C=O) groups excluding carboxylic acids is 3. The lowest BCUT2D eigenvalue weighted by Crippen LogP contribution is -2.59. The summed E-state index contributed by atoms with van der Waals surface area (Å²) in [6.07, 6.45) is -0.444. The number of carboxylic acids is 2. The Balaban J connectivity index is 2.15. The van der Waals surface area contributed by atoms with Crippen LogP contribution in [0.4, 0.5) is 0 Å². The minimum absolute atomic E-state index is 0.00600. The topological polar surface area (TPSA) is 228 Å². The maximum Gasteiger partial charge on any atom is 0.326 e. The van der Waals surface area contributed by atoms with Crippen molar-refractivity contribution in [3.8, 4) is 11.5 Å². The molecule has 13 nitrogen and oxygen atoms in total. The van der Waals surface area contributed by atoms with Gasteiger partial charge in [-0.05, 0) is 47.7 Å². The largest absolute Gasteiger partial charge is 0.508 e. The second-order valence-electron chi connectivity index (χ2n) is 9.78. The molecule has 41 heavy (non-hydrogen) atoms. The molecule has 0 aromatic heterocycles. The molecular weight excluding hydrogens is 536 g/mol. The van der Waals surface area contributed by atoms with Gasteiger partial charge in [0.2, 0.25) is 17.7 Å². The van der Waals surface area contributed by atoms with E-state index in [1.807, 2.05) is 0 Å². The van der Waals surface area contributed by atoms with E-state index in [0.717, 1.165) is 0 Å². The first kappa shape index (κ1) is 32.6. The third-order valence-corrected chi connectivity index (χ3v) is 6.52. The Kier molecular flexibility index (Phi) is 12.1. The molecule has 0 saturated heterocycles. The van der Waals surface area contributed by atoms with Gasteiger partial charge in [-0.15, -0.1) is 0 Å². The summed E-state index contributed by atoms with van der Waals surface area (Å²) >= 11 is 0. The summed E-state index contributed by atoms with van der Waals surface area (Å²) in [6, 6.07) is 6.42. The smallest absolute Gasteiger partial charge is 0.326 e. The number of hydrogen-bond acceptors (Lipinski definition) is 8. The normalized spacial score (nSPS) is 14.5. The maximum absolute atomic E-state index is 13.2. The fourth-order valence-corrected chi connectivity index (χ4v) is 3.93. The highest BCUT2D eigenvalue weighted by atomic mass is 16.4. The van der Waals surface area contributed by atoms with Gasteiger partial charge in [0.1, 0.15) is 29.6 Å². The fraction of sp³-hybridized carbons (Fsp3) is 0.393. The number of aliphatic carboxylic acids is 2. The van der Waals surface area contributed by atoms with Gasteiger partial charge < -0.3 is 42.1 Å². The van der Waals surface area contributed by atoms with Gasteiger partial charge in [-0.1, -0.05) is 44.5 Å². The lowest BCUT2D eigenvalue weighted by Gasteiger charge is -2.27. The van der Waals surface area contributed by atoms with Gasteiger partial charge in [-0.3, -0.25) is 19.2 Å². The summed E-state index contributed by atoms with van der Waals surface area (Å²) in [4.78, 5) is 62.4. The number of carbonyl (C=O) groups is 5. The van der Waals surface area contributed by atoms with Crippen LogP contribution in [0.1, 0.15) is 37.8 Å². The molecule has 9 N–H and O–H groups in total. The van der Waals surface area contributed by atoms with Crippen LogP contribution in [0, 0.1) is 5.92 Å². The van der Waals surface area contributed by atoms with Gasteiger partial charge in [-0.2, -0.15) is 0 Å². The number of nitrogens with one attached hydrogen (secondary N) is 3. The van der Waals surface area contributed by atoms with Crippen molar-refractivity contribution in [1.29, 1.82) is 0 Å². The maximum atomic E-state index is 13.2. The van der Waals surface area contributed by atoms with Crippen molar-refractivity contribution in [1.82, 2.24) is 16.0 Å². The molecule has 0 spiro atoms. The molecular formula is C28H36N4O9. The highest BCUT2D eigenvalue weighted by molar-refractivity contribution is 5.95. The van der Waals surface area contributed by atoms with Crippen molar-refractivity contribution in [3.63, 3.8) is 0 Å². The molecule has 5 atom stereocenters. The lowest BCUT2D eigenvalue weighted by atomic mass is 9.96. The number of phenolic OH excluding ortho intramolecular Hbond substituents is 2. The molecule has 3 amide bonds. The van der Waals surface area contributed by atoms with Crippen LogP contribution >= 0.6 is 0 Å². The number of carboxylic acid groups (broad SMARTS) is 2. The van der Waals surface area contributed by atoms with Crippen LogP contribution in [0.2, 0.25) is 0 Å². The highest BCUT2D eigenvalue weighted by Crippen LogP contribution is 2.14. The van der Waals surface area contributed by atoms with Gasteiger partial charge in [0.25, 0.3) is 0 Å². The molecule has 2 aromatic rings. The van der Waals surface area contributed by atoms with Gasteiger partial charge in [-0.25, -0.2) is 4.79 Å². The molecule has 0 aliphatic rings. The van der Waals surface area contributed by atoms with E-state index in [1.165, 1.54) is 36.4 Å². The average Bonchev–Trinajstić information content (AvgIpc) is 2.92. The quantitative estimate of drug-likeness (QED) is 0.145. The van der Waals surface area contributed by atoms with E-state index < -0.39 is 66.2 Å². The van der Waals surface area contributed by atoms with Crippen LogP contribution in [0.15, 0.2) is 48.5 Å². The first-order chi connectivity index (χ1) is 19.3. The monoisotopic (exact) mass is 572 g/mol. The van der Waals surface area contributed by atoms with Crippen molar-refractivity contribution >= 4 is 29.7 Å². The van der Waals surface area contributed by atoms with Gasteiger partial charge in [0.15, 0.2) is 0 Å². The number of hydrogen-bond donors (Lipinski definition) is 8. The molecule has 0 fully saturated rings. The summed E-state index contributed by atoms with van der Waals surface area (Å²) in [5.74, 6) is -5.73. The zero-order valence-corrected chi connectivity index (χ0v) is 22.7. The minimum Gasteiger partial charge on any atom is -0.508 e. The Bertz CT molecular complexity index is 1220. The molecule has 0 aliphatic carbocycles. The Morgan fingerprint density at radius 1 is 0.732 bits per heavy atom. The Morgan fingerprint density at radius 2 is 1.22 bits per heavy atom. The van der Waals surface area contributed by atoms with Gasteiger partial charge >= 0.3 is 11.9 Å². The lowest BCUT2D eigenvalue weighted by molar-refractivity contribution is -0.143. The first-order valence-corrected chi connectivity index (χ1v) is 13.0. The SMILES string of the molecule is CCC(C)C(NC(=O)C(CC(=O)O)NC(=O)C(N)Cc1ccc(O)cc1)C(=O)NC(Cc1ccc(O)cc1)C(=O)O.